The monoisotopic (exact) mass is 182 g/mol. The molecule has 0 aromatic heterocycles. The number of allylic oxidation sites excluding steroid dienone is 2. The molecule has 0 aromatic carbocycles. The van der Waals surface area contributed by atoms with Crippen molar-refractivity contribution in [2.75, 3.05) is 7.11 Å². The molecule has 0 atom stereocenters. The fourth-order valence-corrected chi connectivity index (χ4v) is 0.739. The van der Waals surface area contributed by atoms with Gasteiger partial charge in [0, 0.05) is 5.57 Å². The van der Waals surface area contributed by atoms with E-state index in [9.17, 15) is 4.79 Å². The van der Waals surface area contributed by atoms with Gasteiger partial charge >= 0.3 is 5.97 Å². The Morgan fingerprint density at radius 1 is 1.62 bits per heavy atom. The lowest BCUT2D eigenvalue weighted by Crippen LogP contribution is -1.98. The van der Waals surface area contributed by atoms with Gasteiger partial charge in [-0.15, -0.1) is 0 Å². The highest BCUT2D eigenvalue weighted by Crippen LogP contribution is 2.27. The van der Waals surface area contributed by atoms with Crippen LogP contribution in [-0.4, -0.2) is 13.1 Å². The van der Waals surface area contributed by atoms with Gasteiger partial charge in [-0.2, -0.15) is 0 Å². The van der Waals surface area contributed by atoms with Crippen LogP contribution < -0.4 is 0 Å². The third kappa shape index (κ3) is 7.32. The van der Waals surface area contributed by atoms with Crippen molar-refractivity contribution in [1.82, 2.24) is 0 Å². The largest absolute Gasteiger partial charge is 0.466 e. The molecule has 0 heterocycles. The second-order valence-electron chi connectivity index (χ2n) is 3.04. The summed E-state index contributed by atoms with van der Waals surface area (Å²) in [5, 5.41) is 0. The smallest absolute Gasteiger partial charge is 0.332 e. The molecule has 0 amide bonds. The van der Waals surface area contributed by atoms with Gasteiger partial charge in [0.2, 0.25) is 0 Å². The van der Waals surface area contributed by atoms with E-state index in [0.717, 1.165) is 0 Å². The Morgan fingerprint density at radius 3 is 2.23 bits per heavy atom. The SMILES string of the molecule is C=C(C)C(=O)OC.CCC=C1CC1. The van der Waals surface area contributed by atoms with Gasteiger partial charge in [0.15, 0.2) is 0 Å². The third-order valence-corrected chi connectivity index (χ3v) is 1.57. The molecule has 74 valence electrons. The summed E-state index contributed by atoms with van der Waals surface area (Å²) >= 11 is 0. The van der Waals surface area contributed by atoms with Crippen molar-refractivity contribution in [1.29, 1.82) is 0 Å². The average Bonchev–Trinajstić information content (AvgIpc) is 2.88. The fourth-order valence-electron chi connectivity index (χ4n) is 0.739. The van der Waals surface area contributed by atoms with Gasteiger partial charge in [0.05, 0.1) is 7.11 Å². The van der Waals surface area contributed by atoms with Crippen LogP contribution in [0.4, 0.5) is 0 Å². The highest BCUT2D eigenvalue weighted by Gasteiger charge is 2.07. The van der Waals surface area contributed by atoms with Crippen LogP contribution in [0.5, 0.6) is 0 Å². The molecule has 1 rings (SSSR count). The van der Waals surface area contributed by atoms with Crippen LogP contribution in [0.3, 0.4) is 0 Å². The predicted octanol–water partition coefficient (Wildman–Crippen LogP) is 2.85. The average molecular weight is 182 g/mol. The van der Waals surface area contributed by atoms with Gasteiger partial charge in [0.25, 0.3) is 0 Å². The van der Waals surface area contributed by atoms with E-state index >= 15 is 0 Å². The summed E-state index contributed by atoms with van der Waals surface area (Å²) in [5.74, 6) is -0.347. The molecule has 13 heavy (non-hydrogen) atoms. The van der Waals surface area contributed by atoms with Crippen molar-refractivity contribution < 1.29 is 9.53 Å². The lowest BCUT2D eigenvalue weighted by molar-refractivity contribution is -0.136. The Hall–Kier alpha value is -1.05. The third-order valence-electron chi connectivity index (χ3n) is 1.57. The van der Waals surface area contributed by atoms with Crippen LogP contribution in [0.1, 0.15) is 33.1 Å². The number of carbonyl (C=O) groups excluding carboxylic acids is 1. The normalized spacial score (nSPS) is 12.4. The highest BCUT2D eigenvalue weighted by molar-refractivity contribution is 5.86. The zero-order chi connectivity index (χ0) is 10.3. The van der Waals surface area contributed by atoms with Gasteiger partial charge in [-0.1, -0.05) is 25.2 Å². The second kappa shape index (κ2) is 6.46. The van der Waals surface area contributed by atoms with Gasteiger partial charge < -0.3 is 4.74 Å². The Labute approximate surface area is 80.3 Å². The van der Waals surface area contributed by atoms with Crippen molar-refractivity contribution in [3.8, 4) is 0 Å². The maximum absolute atomic E-state index is 10.2. The van der Waals surface area contributed by atoms with Crippen molar-refractivity contribution in [3.63, 3.8) is 0 Å². The standard InChI is InChI=1S/C6H10.C5H8O2/c1-2-3-6-4-5-6;1-4(2)5(6)7-3/h3H,2,4-5H2,1H3;1H2,2-3H3. The molecular formula is C11H18O2. The quantitative estimate of drug-likeness (QED) is 0.373. The van der Waals surface area contributed by atoms with Gasteiger partial charge in [-0.05, 0) is 26.2 Å². The first-order chi connectivity index (χ1) is 6.11. The minimum Gasteiger partial charge on any atom is -0.466 e. The summed E-state index contributed by atoms with van der Waals surface area (Å²) in [4.78, 5) is 10.2. The molecule has 0 aliphatic heterocycles. The summed E-state index contributed by atoms with van der Waals surface area (Å²) in [5.41, 5.74) is 2.10. The minimum absolute atomic E-state index is 0.347. The van der Waals surface area contributed by atoms with E-state index in [0.29, 0.717) is 5.57 Å². The Morgan fingerprint density at radius 2 is 2.15 bits per heavy atom. The molecule has 0 saturated heterocycles. The Kier molecular flexibility index (Phi) is 5.94. The molecule has 0 unspecified atom stereocenters. The lowest BCUT2D eigenvalue weighted by atomic mass is 10.4. The number of carbonyl (C=O) groups is 1. The zero-order valence-corrected chi connectivity index (χ0v) is 8.72. The number of hydrogen-bond donors (Lipinski definition) is 0. The fraction of sp³-hybridized carbons (Fsp3) is 0.545. The van der Waals surface area contributed by atoms with Crippen LogP contribution in [-0.2, 0) is 9.53 Å². The van der Waals surface area contributed by atoms with Crippen LogP contribution >= 0.6 is 0 Å². The Balaban J connectivity index is 0.000000223. The molecule has 2 nitrogen and oxygen atoms in total. The van der Waals surface area contributed by atoms with Gasteiger partial charge in [-0.3, -0.25) is 0 Å². The van der Waals surface area contributed by atoms with Gasteiger partial charge in [0.1, 0.15) is 0 Å². The zero-order valence-electron chi connectivity index (χ0n) is 8.72. The molecule has 1 aliphatic carbocycles. The molecule has 0 spiro atoms. The van der Waals surface area contributed by atoms with Gasteiger partial charge in [-0.25, -0.2) is 4.79 Å². The number of rotatable bonds is 2. The first-order valence-corrected chi connectivity index (χ1v) is 4.53. The first kappa shape index (κ1) is 11.9. The van der Waals surface area contributed by atoms with E-state index in [1.807, 2.05) is 0 Å². The minimum atomic E-state index is -0.347. The van der Waals surface area contributed by atoms with E-state index < -0.39 is 0 Å². The molecule has 1 aliphatic rings. The summed E-state index contributed by atoms with van der Waals surface area (Å²) in [6.45, 7) is 7.14. The lowest BCUT2D eigenvalue weighted by Gasteiger charge is -1.91. The molecule has 0 aromatic rings. The summed E-state index contributed by atoms with van der Waals surface area (Å²) in [6.07, 6.45) is 6.32. The van der Waals surface area contributed by atoms with Crippen LogP contribution in [0, 0.1) is 0 Å². The second-order valence-corrected chi connectivity index (χ2v) is 3.04. The van der Waals surface area contributed by atoms with Crippen LogP contribution in [0.25, 0.3) is 0 Å². The number of esters is 1. The number of hydrogen-bond acceptors (Lipinski definition) is 2. The van der Waals surface area contributed by atoms with Crippen molar-refractivity contribution in [2.24, 2.45) is 0 Å². The predicted molar refractivity (Wildman–Crippen MR) is 54.4 cm³/mol. The summed E-state index contributed by atoms with van der Waals surface area (Å²) < 4.78 is 4.27. The maximum Gasteiger partial charge on any atom is 0.332 e. The topological polar surface area (TPSA) is 26.3 Å². The van der Waals surface area contributed by atoms with Crippen molar-refractivity contribution in [3.05, 3.63) is 23.8 Å². The molecule has 1 saturated carbocycles. The van der Waals surface area contributed by atoms with E-state index in [-0.39, 0.29) is 5.97 Å². The van der Waals surface area contributed by atoms with Crippen LogP contribution in [0.2, 0.25) is 0 Å². The number of methoxy groups -OCH3 is 1. The molecule has 0 radical (unpaired) electrons. The maximum atomic E-state index is 10.2. The molecule has 0 bridgehead atoms. The highest BCUT2D eigenvalue weighted by atomic mass is 16.5. The van der Waals surface area contributed by atoms with E-state index in [4.69, 9.17) is 0 Å². The molecule has 1 fully saturated rings. The van der Waals surface area contributed by atoms with Crippen molar-refractivity contribution >= 4 is 5.97 Å². The summed E-state index contributed by atoms with van der Waals surface area (Å²) in [7, 11) is 1.33. The van der Waals surface area contributed by atoms with Crippen molar-refractivity contribution in [2.45, 2.75) is 33.1 Å². The van der Waals surface area contributed by atoms with Crippen LogP contribution in [0.15, 0.2) is 23.8 Å². The first-order valence-electron chi connectivity index (χ1n) is 4.53. The number of ether oxygens (including phenoxy) is 1. The summed E-state index contributed by atoms with van der Waals surface area (Å²) in [6, 6.07) is 0. The van der Waals surface area contributed by atoms with E-state index in [1.54, 1.807) is 12.5 Å². The molecule has 0 N–H and O–H groups in total. The van der Waals surface area contributed by atoms with E-state index in [2.05, 4.69) is 24.3 Å². The van der Waals surface area contributed by atoms with E-state index in [1.165, 1.54) is 26.4 Å². The Bertz CT molecular complexity index is 208. The molecule has 2 heteroatoms. The molecular weight excluding hydrogens is 164 g/mol.